The van der Waals surface area contributed by atoms with Gasteiger partial charge in [-0.2, -0.15) is 9.97 Å². The molecule has 248 valence electrons. The summed E-state index contributed by atoms with van der Waals surface area (Å²) in [5.74, 6) is 1.13. The first-order valence-electron chi connectivity index (χ1n) is 17.3. The molecule has 11 nitrogen and oxygen atoms in total. The fourth-order valence-electron chi connectivity index (χ4n) is 7.27. The first-order valence-corrected chi connectivity index (χ1v) is 17.3. The van der Waals surface area contributed by atoms with Crippen molar-refractivity contribution in [3.63, 3.8) is 0 Å². The van der Waals surface area contributed by atoms with Gasteiger partial charge in [0.05, 0.1) is 18.4 Å². The van der Waals surface area contributed by atoms with E-state index in [1.165, 1.54) is 30.4 Å². The Morgan fingerprint density at radius 3 is 2.23 bits per heavy atom. The number of nitrogens with one attached hydrogen (secondary N) is 3. The first-order chi connectivity index (χ1) is 23.0. The predicted molar refractivity (Wildman–Crippen MR) is 182 cm³/mol. The van der Waals surface area contributed by atoms with Gasteiger partial charge in [-0.25, -0.2) is 4.98 Å². The Bertz CT molecular complexity index is 1580. The number of amides is 1. The molecule has 2 aromatic heterocycles. The molecule has 0 spiro atoms. The lowest BCUT2D eigenvalue weighted by Crippen LogP contribution is -2.46. The molecule has 1 aliphatic heterocycles. The molecule has 1 amide bonds. The van der Waals surface area contributed by atoms with Crippen LogP contribution in [0.15, 0.2) is 67.0 Å². The van der Waals surface area contributed by atoms with Crippen LogP contribution in [-0.2, 0) is 4.79 Å². The van der Waals surface area contributed by atoms with Crippen molar-refractivity contribution in [1.29, 1.82) is 0 Å². The van der Waals surface area contributed by atoms with Gasteiger partial charge in [0.25, 0.3) is 0 Å². The van der Waals surface area contributed by atoms with Gasteiger partial charge in [-0.15, -0.1) is 0 Å². The number of piperidine rings is 1. The van der Waals surface area contributed by atoms with Gasteiger partial charge in [0.2, 0.25) is 11.9 Å². The number of aliphatic hydroxyl groups excluding tert-OH is 2. The SMILES string of the molecule is O=C(N[C@H]1C[C@@H](n2cnc3c(NCC(c4ccccc4)c4ccccc4)nc(NCCN4CCCCC4)nc32)[C@H](O)[C@@H]1O)C1CCC1. The lowest BCUT2D eigenvalue weighted by Gasteiger charge is -2.27. The Morgan fingerprint density at radius 1 is 0.872 bits per heavy atom. The van der Waals surface area contributed by atoms with Crippen LogP contribution in [0.1, 0.15) is 68.0 Å². The Labute approximate surface area is 275 Å². The van der Waals surface area contributed by atoms with E-state index in [0.717, 1.165) is 38.9 Å². The molecule has 2 saturated carbocycles. The van der Waals surface area contributed by atoms with Gasteiger partial charge >= 0.3 is 0 Å². The fraction of sp³-hybridized carbons (Fsp3) is 0.500. The highest BCUT2D eigenvalue weighted by Crippen LogP contribution is 2.36. The number of hydrogen-bond acceptors (Lipinski definition) is 9. The minimum Gasteiger partial charge on any atom is -0.388 e. The maximum atomic E-state index is 12.7. The summed E-state index contributed by atoms with van der Waals surface area (Å²) in [6.45, 7) is 4.42. The molecule has 1 saturated heterocycles. The van der Waals surface area contributed by atoms with Gasteiger partial charge in [-0.05, 0) is 56.3 Å². The number of imidazole rings is 1. The summed E-state index contributed by atoms with van der Waals surface area (Å²) >= 11 is 0. The van der Waals surface area contributed by atoms with E-state index in [4.69, 9.17) is 15.0 Å². The Morgan fingerprint density at radius 2 is 1.57 bits per heavy atom. The van der Waals surface area contributed by atoms with Gasteiger partial charge < -0.3 is 35.6 Å². The van der Waals surface area contributed by atoms with Gasteiger partial charge in [0.15, 0.2) is 17.0 Å². The highest BCUT2D eigenvalue weighted by Gasteiger charge is 2.44. The van der Waals surface area contributed by atoms with E-state index < -0.39 is 24.3 Å². The molecule has 2 aliphatic carbocycles. The molecule has 4 atom stereocenters. The van der Waals surface area contributed by atoms with Crippen LogP contribution >= 0.6 is 0 Å². The largest absolute Gasteiger partial charge is 0.388 e. The summed E-state index contributed by atoms with van der Waals surface area (Å²) in [6.07, 6.45) is 6.45. The maximum Gasteiger partial charge on any atom is 0.226 e. The van der Waals surface area contributed by atoms with Crippen LogP contribution in [0.2, 0.25) is 0 Å². The van der Waals surface area contributed by atoms with Gasteiger partial charge in [-0.1, -0.05) is 73.5 Å². The van der Waals surface area contributed by atoms with Crippen molar-refractivity contribution in [2.75, 3.05) is 43.4 Å². The van der Waals surface area contributed by atoms with Crippen LogP contribution in [0.5, 0.6) is 0 Å². The first kappa shape index (κ1) is 31.5. The second-order valence-electron chi connectivity index (χ2n) is 13.3. The van der Waals surface area contributed by atoms with Crippen molar-refractivity contribution in [1.82, 2.24) is 29.7 Å². The molecule has 11 heteroatoms. The van der Waals surface area contributed by atoms with Gasteiger partial charge in [0.1, 0.15) is 12.2 Å². The van der Waals surface area contributed by atoms with E-state index in [-0.39, 0.29) is 17.7 Å². The smallest absolute Gasteiger partial charge is 0.226 e. The highest BCUT2D eigenvalue weighted by atomic mass is 16.3. The standard InChI is InChI=1S/C36H46N8O3/c45-31-28(40-35(47)26-15-10-16-26)21-29(32(31)46)44-23-39-30-33(41-36(42-34(30)44)37-17-20-43-18-8-3-9-19-43)38-22-27(24-11-4-1-5-12-24)25-13-6-2-7-14-25/h1-2,4-7,11-14,23,26-29,31-32,45-46H,3,8-10,15-22H2,(H,40,47)(H2,37,38,41,42)/t28-,29+,31+,32-/m0/s1. The number of likely N-dealkylation sites (tertiary alicyclic amines) is 1. The lowest BCUT2D eigenvalue weighted by molar-refractivity contribution is -0.129. The summed E-state index contributed by atoms with van der Waals surface area (Å²) in [7, 11) is 0. The number of hydrogen-bond donors (Lipinski definition) is 5. The quantitative estimate of drug-likeness (QED) is 0.156. The van der Waals surface area contributed by atoms with E-state index in [0.29, 0.717) is 42.4 Å². The lowest BCUT2D eigenvalue weighted by atomic mass is 9.84. The summed E-state index contributed by atoms with van der Waals surface area (Å²) in [5.41, 5.74) is 3.55. The zero-order valence-electron chi connectivity index (χ0n) is 26.8. The second kappa shape index (κ2) is 14.4. The third-order valence-electron chi connectivity index (χ3n) is 10.3. The summed E-state index contributed by atoms with van der Waals surface area (Å²) in [4.78, 5) is 29.7. The predicted octanol–water partition coefficient (Wildman–Crippen LogP) is 3.92. The molecule has 3 fully saturated rings. The molecule has 0 radical (unpaired) electrons. The second-order valence-corrected chi connectivity index (χ2v) is 13.3. The van der Waals surface area contributed by atoms with E-state index in [2.05, 4.69) is 69.4 Å². The molecule has 3 aliphatic rings. The maximum absolute atomic E-state index is 12.7. The van der Waals surface area contributed by atoms with E-state index >= 15 is 0 Å². The minimum atomic E-state index is -1.08. The zero-order valence-corrected chi connectivity index (χ0v) is 26.8. The number of nitrogens with zero attached hydrogens (tertiary/aromatic N) is 5. The van der Waals surface area contributed by atoms with E-state index in [1.54, 1.807) is 6.33 Å². The minimum absolute atomic E-state index is 0.00279. The molecule has 2 aromatic carbocycles. The molecule has 7 rings (SSSR count). The zero-order chi connectivity index (χ0) is 32.2. The van der Waals surface area contributed by atoms with Gasteiger partial charge in [0, 0.05) is 31.5 Å². The molecule has 5 N–H and O–H groups in total. The molecule has 4 aromatic rings. The van der Waals surface area contributed by atoms with Crippen LogP contribution in [0.4, 0.5) is 11.8 Å². The monoisotopic (exact) mass is 638 g/mol. The van der Waals surface area contributed by atoms with Crippen LogP contribution in [0, 0.1) is 5.92 Å². The number of aliphatic hydroxyl groups is 2. The molecule has 0 bridgehead atoms. The summed E-state index contributed by atoms with van der Waals surface area (Å²) in [6, 6.07) is 19.8. The molecular formula is C36H46N8O3. The number of rotatable bonds is 12. The van der Waals surface area contributed by atoms with Crippen molar-refractivity contribution in [2.24, 2.45) is 5.92 Å². The number of fused-ring (bicyclic) bond motifs is 1. The van der Waals surface area contributed by atoms with Crippen molar-refractivity contribution >= 4 is 28.8 Å². The number of benzene rings is 2. The molecule has 47 heavy (non-hydrogen) atoms. The van der Waals surface area contributed by atoms with Crippen LogP contribution in [0.3, 0.4) is 0 Å². The third-order valence-corrected chi connectivity index (χ3v) is 10.3. The number of carbonyl (C=O) groups excluding carboxylic acids is 1. The van der Waals surface area contributed by atoms with Crippen LogP contribution in [0.25, 0.3) is 11.2 Å². The Hall–Kier alpha value is -4.06. The van der Waals surface area contributed by atoms with Crippen molar-refractivity contribution in [3.8, 4) is 0 Å². The number of anilines is 2. The van der Waals surface area contributed by atoms with Crippen LogP contribution in [-0.4, -0.2) is 91.5 Å². The molecule has 0 unspecified atom stereocenters. The molecular weight excluding hydrogens is 592 g/mol. The van der Waals surface area contributed by atoms with E-state index in [1.807, 2.05) is 16.7 Å². The summed E-state index contributed by atoms with van der Waals surface area (Å²) < 4.78 is 1.84. The average molecular weight is 639 g/mol. The average Bonchev–Trinajstić information content (AvgIpc) is 3.62. The van der Waals surface area contributed by atoms with Crippen LogP contribution < -0.4 is 16.0 Å². The summed E-state index contributed by atoms with van der Waals surface area (Å²) in [5, 5.41) is 32.2. The number of aromatic nitrogens is 4. The Balaban J connectivity index is 1.16. The molecule has 3 heterocycles. The van der Waals surface area contributed by atoms with Crippen molar-refractivity contribution in [3.05, 3.63) is 78.1 Å². The number of carbonyl (C=O) groups is 1. The van der Waals surface area contributed by atoms with Crippen molar-refractivity contribution < 1.29 is 15.0 Å². The topological polar surface area (TPSA) is 140 Å². The third kappa shape index (κ3) is 6.97. The Kier molecular flexibility index (Phi) is 9.64. The van der Waals surface area contributed by atoms with E-state index in [9.17, 15) is 15.0 Å². The van der Waals surface area contributed by atoms with Gasteiger partial charge in [-0.3, -0.25) is 4.79 Å². The highest BCUT2D eigenvalue weighted by molar-refractivity contribution is 5.84. The van der Waals surface area contributed by atoms with Crippen molar-refractivity contribution in [2.45, 2.75) is 75.2 Å². The fourth-order valence-corrected chi connectivity index (χ4v) is 7.27. The normalized spacial score (nSPS) is 23.6.